The van der Waals surface area contributed by atoms with E-state index in [1.807, 2.05) is 49.4 Å². The number of hydrogen-bond acceptors (Lipinski definition) is 5. The molecule has 1 unspecified atom stereocenters. The quantitative estimate of drug-likeness (QED) is 0.414. The molecule has 6 atom stereocenters. The molecule has 3 N–H and O–H groups in total. The molecule has 2 rings (SSSR count). The summed E-state index contributed by atoms with van der Waals surface area (Å²) in [6, 6.07) is 9.95. The summed E-state index contributed by atoms with van der Waals surface area (Å²) in [7, 11) is 1.35. The maximum Gasteiger partial charge on any atom is 0.309 e. The number of aliphatic hydroxyl groups is 3. The molecule has 0 bridgehead atoms. The highest BCUT2D eigenvalue weighted by atomic mass is 16.5. The minimum Gasteiger partial charge on any atom is -0.469 e. The number of methoxy groups -OCH3 is 1. The molecule has 29 heavy (non-hydrogen) atoms. The van der Waals surface area contributed by atoms with Crippen molar-refractivity contribution in [2.75, 3.05) is 7.11 Å². The van der Waals surface area contributed by atoms with E-state index in [9.17, 15) is 20.1 Å². The first-order valence-corrected chi connectivity index (χ1v) is 10.4. The van der Waals surface area contributed by atoms with Gasteiger partial charge in [-0.25, -0.2) is 0 Å². The van der Waals surface area contributed by atoms with Crippen LogP contribution in [0.5, 0.6) is 0 Å². The van der Waals surface area contributed by atoms with Crippen molar-refractivity contribution in [3.05, 3.63) is 60.2 Å². The predicted octanol–water partition coefficient (Wildman–Crippen LogP) is 3.04. The second-order valence-corrected chi connectivity index (χ2v) is 7.78. The zero-order valence-electron chi connectivity index (χ0n) is 17.4. The molecular weight excluding hydrogens is 368 g/mol. The van der Waals surface area contributed by atoms with Crippen molar-refractivity contribution in [1.82, 2.24) is 0 Å². The van der Waals surface area contributed by atoms with Gasteiger partial charge in [0.2, 0.25) is 0 Å². The minimum atomic E-state index is -0.782. The lowest BCUT2D eigenvalue weighted by Gasteiger charge is -2.28. The highest BCUT2D eigenvalue weighted by Crippen LogP contribution is 2.41. The number of esters is 1. The average molecular weight is 403 g/mol. The van der Waals surface area contributed by atoms with Crippen LogP contribution in [0.4, 0.5) is 0 Å². The summed E-state index contributed by atoms with van der Waals surface area (Å²) in [6.07, 6.45) is 7.96. The van der Waals surface area contributed by atoms with E-state index in [-0.39, 0.29) is 12.4 Å². The Morgan fingerprint density at radius 2 is 1.93 bits per heavy atom. The molecule has 0 amide bonds. The van der Waals surface area contributed by atoms with Gasteiger partial charge < -0.3 is 20.1 Å². The number of rotatable bonds is 10. The van der Waals surface area contributed by atoms with Crippen LogP contribution in [0.15, 0.2) is 54.6 Å². The molecule has 160 valence electrons. The van der Waals surface area contributed by atoms with Gasteiger partial charge in [0.15, 0.2) is 0 Å². The molecule has 1 aliphatic carbocycles. The maximum absolute atomic E-state index is 12.4. The standard InChI is InChI=1S/C24H34O5/c1-3-4-6-11-20(24(28)29-2)23-19(21(26)16-22(23)27)15-14-18(25)13-12-17-9-7-5-8-10-17/h3-5,7-10,14-15,18-23,25-27H,6,11-13,16H2,1-2H3/t18-,19+,20?,21-,22+,23-/m1/s1. The van der Waals surface area contributed by atoms with E-state index in [0.29, 0.717) is 19.3 Å². The van der Waals surface area contributed by atoms with E-state index >= 15 is 0 Å². The molecule has 0 spiro atoms. The summed E-state index contributed by atoms with van der Waals surface area (Å²) in [5, 5.41) is 31.3. The van der Waals surface area contributed by atoms with E-state index in [4.69, 9.17) is 4.74 Å². The monoisotopic (exact) mass is 402 g/mol. The first-order valence-electron chi connectivity index (χ1n) is 10.4. The maximum atomic E-state index is 12.4. The number of aliphatic hydroxyl groups excluding tert-OH is 3. The molecule has 1 aromatic carbocycles. The first kappa shape index (κ1) is 23.3. The smallest absolute Gasteiger partial charge is 0.309 e. The topological polar surface area (TPSA) is 87.0 Å². The normalized spacial score (nSPS) is 26.8. The van der Waals surface area contributed by atoms with E-state index < -0.39 is 36.1 Å². The van der Waals surface area contributed by atoms with Crippen molar-refractivity contribution in [2.45, 2.75) is 57.3 Å². The van der Waals surface area contributed by atoms with Gasteiger partial charge in [-0.3, -0.25) is 4.79 Å². The van der Waals surface area contributed by atoms with Gasteiger partial charge in [0.05, 0.1) is 31.3 Å². The Morgan fingerprint density at radius 1 is 1.21 bits per heavy atom. The zero-order chi connectivity index (χ0) is 21.2. The number of hydrogen-bond donors (Lipinski definition) is 3. The molecule has 0 saturated heterocycles. The van der Waals surface area contributed by atoms with Gasteiger partial charge in [-0.15, -0.1) is 0 Å². The zero-order valence-corrected chi connectivity index (χ0v) is 17.4. The largest absolute Gasteiger partial charge is 0.469 e. The van der Waals surface area contributed by atoms with Crippen LogP contribution < -0.4 is 0 Å². The fourth-order valence-corrected chi connectivity index (χ4v) is 4.24. The SMILES string of the molecule is CC=CCCC(C(=O)OC)[C@H]1[C@@H](C=C[C@H](O)CCc2ccccc2)[C@H](O)C[C@@H]1O. The van der Waals surface area contributed by atoms with E-state index in [1.165, 1.54) is 7.11 Å². The summed E-state index contributed by atoms with van der Waals surface area (Å²) < 4.78 is 4.97. The highest BCUT2D eigenvalue weighted by Gasteiger charge is 2.46. The van der Waals surface area contributed by atoms with Crippen LogP contribution in [0.1, 0.15) is 38.2 Å². The second-order valence-electron chi connectivity index (χ2n) is 7.78. The van der Waals surface area contributed by atoms with Crippen LogP contribution >= 0.6 is 0 Å². The molecule has 5 heteroatoms. The number of allylic oxidation sites excluding steroid dienone is 2. The van der Waals surface area contributed by atoms with Gasteiger partial charge in [0, 0.05) is 18.3 Å². The summed E-state index contributed by atoms with van der Waals surface area (Å²) in [4.78, 5) is 12.4. The number of carbonyl (C=O) groups is 1. The molecule has 1 saturated carbocycles. The van der Waals surface area contributed by atoms with Crippen LogP contribution in [0, 0.1) is 17.8 Å². The molecule has 0 aromatic heterocycles. The van der Waals surface area contributed by atoms with Gasteiger partial charge in [-0.05, 0) is 38.2 Å². The number of ether oxygens (including phenoxy) is 1. The number of carbonyl (C=O) groups excluding carboxylic acids is 1. The van der Waals surface area contributed by atoms with Crippen LogP contribution in [-0.4, -0.2) is 46.7 Å². The molecule has 0 aliphatic heterocycles. The van der Waals surface area contributed by atoms with Crippen molar-refractivity contribution in [1.29, 1.82) is 0 Å². The highest BCUT2D eigenvalue weighted by molar-refractivity contribution is 5.73. The van der Waals surface area contributed by atoms with Gasteiger partial charge in [0.25, 0.3) is 0 Å². The Morgan fingerprint density at radius 3 is 2.59 bits per heavy atom. The van der Waals surface area contributed by atoms with Gasteiger partial charge >= 0.3 is 5.97 Å². The van der Waals surface area contributed by atoms with Crippen molar-refractivity contribution in [3.8, 4) is 0 Å². The number of benzene rings is 1. The molecule has 1 fully saturated rings. The van der Waals surface area contributed by atoms with Crippen molar-refractivity contribution >= 4 is 5.97 Å². The van der Waals surface area contributed by atoms with Crippen LogP contribution in [0.3, 0.4) is 0 Å². The second kappa shape index (κ2) is 11.9. The number of aryl methyl sites for hydroxylation is 1. The minimum absolute atomic E-state index is 0.219. The third-order valence-electron chi connectivity index (χ3n) is 5.79. The van der Waals surface area contributed by atoms with Crippen LogP contribution in [0.25, 0.3) is 0 Å². The molecule has 1 aliphatic rings. The van der Waals surface area contributed by atoms with Crippen molar-refractivity contribution in [3.63, 3.8) is 0 Å². The van der Waals surface area contributed by atoms with E-state index in [0.717, 1.165) is 12.0 Å². The van der Waals surface area contributed by atoms with E-state index in [1.54, 1.807) is 12.2 Å². The molecular formula is C24H34O5. The van der Waals surface area contributed by atoms with Crippen LogP contribution in [-0.2, 0) is 16.0 Å². The fourth-order valence-electron chi connectivity index (χ4n) is 4.24. The average Bonchev–Trinajstić information content (AvgIpc) is 3.01. The Kier molecular flexibility index (Phi) is 9.58. The fraction of sp³-hybridized carbons (Fsp3) is 0.542. The Labute approximate surface area is 173 Å². The van der Waals surface area contributed by atoms with Gasteiger partial charge in [-0.2, -0.15) is 0 Å². The third kappa shape index (κ3) is 6.81. The lowest BCUT2D eigenvalue weighted by molar-refractivity contribution is -0.149. The molecule has 0 radical (unpaired) electrons. The lowest BCUT2D eigenvalue weighted by atomic mass is 9.79. The van der Waals surface area contributed by atoms with Gasteiger partial charge in [0.1, 0.15) is 0 Å². The van der Waals surface area contributed by atoms with Crippen molar-refractivity contribution in [2.24, 2.45) is 17.8 Å². The lowest BCUT2D eigenvalue weighted by Crippen LogP contribution is -2.34. The van der Waals surface area contributed by atoms with E-state index in [2.05, 4.69) is 0 Å². The molecule has 0 heterocycles. The van der Waals surface area contributed by atoms with Crippen LogP contribution in [0.2, 0.25) is 0 Å². The third-order valence-corrected chi connectivity index (χ3v) is 5.79. The Bertz CT molecular complexity index is 669. The summed E-state index contributed by atoms with van der Waals surface area (Å²) >= 11 is 0. The molecule has 5 nitrogen and oxygen atoms in total. The summed E-state index contributed by atoms with van der Waals surface area (Å²) in [5.41, 5.74) is 1.16. The predicted molar refractivity (Wildman–Crippen MR) is 113 cm³/mol. The Balaban J connectivity index is 2.06. The summed E-state index contributed by atoms with van der Waals surface area (Å²) in [5.74, 6) is -1.69. The first-order chi connectivity index (χ1) is 14.0. The molecule has 1 aromatic rings. The van der Waals surface area contributed by atoms with Gasteiger partial charge in [-0.1, -0.05) is 54.6 Å². The van der Waals surface area contributed by atoms with Crippen molar-refractivity contribution < 1.29 is 24.9 Å². The summed E-state index contributed by atoms with van der Waals surface area (Å²) in [6.45, 7) is 1.92. The Hall–Kier alpha value is -1.95.